The fourth-order valence-electron chi connectivity index (χ4n) is 2.30. The van der Waals surface area contributed by atoms with Crippen LogP contribution < -0.4 is 10.1 Å². The zero-order valence-electron chi connectivity index (χ0n) is 13.8. The Hall–Kier alpha value is -3.67. The Labute approximate surface area is 150 Å². The number of ether oxygens (including phenoxy) is 1. The molecule has 0 aliphatic heterocycles. The number of hydrogen-bond donors (Lipinski definition) is 2. The van der Waals surface area contributed by atoms with E-state index in [1.165, 1.54) is 18.3 Å². The molecule has 2 aromatic carbocycles. The molecule has 0 radical (unpaired) electrons. The number of rotatable bonds is 6. The Kier molecular flexibility index (Phi) is 5.24. The van der Waals surface area contributed by atoms with Crippen molar-refractivity contribution in [2.45, 2.75) is 6.61 Å². The van der Waals surface area contributed by atoms with Crippen molar-refractivity contribution < 1.29 is 19.4 Å². The fraction of sp³-hybridized carbons (Fsp3) is 0.0500. The second kappa shape index (κ2) is 7.94. The molecule has 0 fully saturated rings. The van der Waals surface area contributed by atoms with E-state index in [1.807, 2.05) is 30.3 Å². The lowest BCUT2D eigenvalue weighted by atomic mass is 10.2. The average Bonchev–Trinajstić information content (AvgIpc) is 2.67. The van der Waals surface area contributed by atoms with Crippen molar-refractivity contribution in [1.82, 2.24) is 4.98 Å². The monoisotopic (exact) mass is 348 g/mol. The minimum Gasteiger partial charge on any atom is -0.489 e. The van der Waals surface area contributed by atoms with Crippen molar-refractivity contribution >= 4 is 17.6 Å². The molecule has 1 aromatic heterocycles. The number of pyridine rings is 1. The maximum absolute atomic E-state index is 12.4. The van der Waals surface area contributed by atoms with E-state index in [1.54, 1.807) is 24.3 Å². The highest BCUT2D eigenvalue weighted by Gasteiger charge is 2.10. The lowest BCUT2D eigenvalue weighted by molar-refractivity contribution is 0.0690. The summed E-state index contributed by atoms with van der Waals surface area (Å²) < 4.78 is 5.72. The Bertz CT molecular complexity index is 926. The topological polar surface area (TPSA) is 88.5 Å². The maximum atomic E-state index is 12.4. The number of carbonyl (C=O) groups excluding carboxylic acids is 1. The summed E-state index contributed by atoms with van der Waals surface area (Å²) in [6, 6.07) is 19.3. The highest BCUT2D eigenvalue weighted by molar-refractivity contribution is 6.04. The van der Waals surface area contributed by atoms with E-state index in [9.17, 15) is 9.59 Å². The quantitative estimate of drug-likeness (QED) is 0.710. The SMILES string of the molecule is O=C(Nc1ccnc(C(=O)O)c1)c1cccc(OCc2ccccc2)c1. The standard InChI is InChI=1S/C20H16N2O4/c23-19(22-16-9-10-21-18(12-16)20(24)25)15-7-4-8-17(11-15)26-13-14-5-2-1-3-6-14/h1-12H,13H2,(H,24,25)(H,21,22,23). The first-order valence-electron chi connectivity index (χ1n) is 7.89. The van der Waals surface area contributed by atoms with Gasteiger partial charge in [0.15, 0.2) is 0 Å². The Balaban J connectivity index is 1.68. The smallest absolute Gasteiger partial charge is 0.354 e. The highest BCUT2D eigenvalue weighted by atomic mass is 16.5. The van der Waals surface area contributed by atoms with E-state index in [4.69, 9.17) is 9.84 Å². The normalized spacial score (nSPS) is 10.2. The summed E-state index contributed by atoms with van der Waals surface area (Å²) in [5, 5.41) is 11.6. The predicted octanol–water partition coefficient (Wildman–Crippen LogP) is 3.61. The van der Waals surface area contributed by atoms with E-state index < -0.39 is 5.97 Å². The molecule has 130 valence electrons. The fourth-order valence-corrected chi connectivity index (χ4v) is 2.30. The number of benzene rings is 2. The van der Waals surface area contributed by atoms with Gasteiger partial charge in [-0.1, -0.05) is 36.4 Å². The molecular formula is C20H16N2O4. The third-order valence-electron chi connectivity index (χ3n) is 3.58. The Morgan fingerprint density at radius 3 is 2.58 bits per heavy atom. The van der Waals surface area contributed by atoms with Crippen LogP contribution in [0.3, 0.4) is 0 Å². The summed E-state index contributed by atoms with van der Waals surface area (Å²) in [6.45, 7) is 0.401. The maximum Gasteiger partial charge on any atom is 0.354 e. The van der Waals surface area contributed by atoms with Crippen LogP contribution in [-0.2, 0) is 6.61 Å². The van der Waals surface area contributed by atoms with Crippen molar-refractivity contribution in [2.75, 3.05) is 5.32 Å². The molecule has 26 heavy (non-hydrogen) atoms. The first-order valence-corrected chi connectivity index (χ1v) is 7.89. The van der Waals surface area contributed by atoms with Gasteiger partial charge in [-0.05, 0) is 35.9 Å². The number of amides is 1. The number of carbonyl (C=O) groups is 2. The molecular weight excluding hydrogens is 332 g/mol. The molecule has 0 bridgehead atoms. The van der Waals surface area contributed by atoms with Crippen LogP contribution in [0.5, 0.6) is 5.75 Å². The second-order valence-electron chi connectivity index (χ2n) is 5.49. The van der Waals surface area contributed by atoms with Gasteiger partial charge in [0.2, 0.25) is 0 Å². The third kappa shape index (κ3) is 4.45. The molecule has 0 saturated heterocycles. The molecule has 0 aliphatic carbocycles. The summed E-state index contributed by atoms with van der Waals surface area (Å²) in [4.78, 5) is 27.1. The van der Waals surface area contributed by atoms with Crippen molar-refractivity contribution in [2.24, 2.45) is 0 Å². The van der Waals surface area contributed by atoms with E-state index in [2.05, 4.69) is 10.3 Å². The molecule has 2 N–H and O–H groups in total. The van der Waals surface area contributed by atoms with Gasteiger partial charge in [0.1, 0.15) is 18.1 Å². The molecule has 6 nitrogen and oxygen atoms in total. The number of hydrogen-bond acceptors (Lipinski definition) is 4. The van der Waals surface area contributed by atoms with Crippen molar-refractivity contribution in [3.63, 3.8) is 0 Å². The summed E-state index contributed by atoms with van der Waals surface area (Å²) in [7, 11) is 0. The van der Waals surface area contributed by atoms with Crippen LogP contribution >= 0.6 is 0 Å². The van der Waals surface area contributed by atoms with Gasteiger partial charge >= 0.3 is 5.97 Å². The molecule has 1 amide bonds. The van der Waals surface area contributed by atoms with Crippen LogP contribution in [0.15, 0.2) is 72.9 Å². The number of carboxylic acid groups (broad SMARTS) is 1. The van der Waals surface area contributed by atoms with Gasteiger partial charge in [-0.3, -0.25) is 4.79 Å². The van der Waals surface area contributed by atoms with Crippen LogP contribution in [0.4, 0.5) is 5.69 Å². The molecule has 0 saturated carbocycles. The zero-order chi connectivity index (χ0) is 18.4. The average molecular weight is 348 g/mol. The predicted molar refractivity (Wildman–Crippen MR) is 96.4 cm³/mol. The summed E-state index contributed by atoms with van der Waals surface area (Å²) in [5.74, 6) is -0.947. The summed E-state index contributed by atoms with van der Waals surface area (Å²) >= 11 is 0. The molecule has 0 atom stereocenters. The zero-order valence-corrected chi connectivity index (χ0v) is 13.8. The second-order valence-corrected chi connectivity index (χ2v) is 5.49. The van der Waals surface area contributed by atoms with E-state index in [0.717, 1.165) is 5.56 Å². The van der Waals surface area contributed by atoms with Crippen LogP contribution in [0.1, 0.15) is 26.4 Å². The Morgan fingerprint density at radius 2 is 1.81 bits per heavy atom. The first-order chi connectivity index (χ1) is 12.6. The molecule has 3 aromatic rings. The number of nitrogens with zero attached hydrogens (tertiary/aromatic N) is 1. The third-order valence-corrected chi connectivity index (χ3v) is 3.58. The lowest BCUT2D eigenvalue weighted by Crippen LogP contribution is -2.13. The molecule has 0 spiro atoms. The van der Waals surface area contributed by atoms with Gasteiger partial charge in [0, 0.05) is 17.4 Å². The van der Waals surface area contributed by atoms with Crippen LogP contribution in [0.25, 0.3) is 0 Å². The van der Waals surface area contributed by atoms with E-state index in [-0.39, 0.29) is 11.6 Å². The van der Waals surface area contributed by atoms with Crippen molar-refractivity contribution in [3.05, 3.63) is 89.7 Å². The van der Waals surface area contributed by atoms with Gasteiger partial charge in [-0.2, -0.15) is 0 Å². The van der Waals surface area contributed by atoms with Crippen LogP contribution in [0.2, 0.25) is 0 Å². The first kappa shape index (κ1) is 17.2. The highest BCUT2D eigenvalue weighted by Crippen LogP contribution is 2.17. The number of nitrogens with one attached hydrogen (secondary N) is 1. The van der Waals surface area contributed by atoms with Crippen LogP contribution in [-0.4, -0.2) is 22.0 Å². The molecule has 1 heterocycles. The van der Waals surface area contributed by atoms with Gasteiger partial charge in [-0.15, -0.1) is 0 Å². The minimum absolute atomic E-state index is 0.136. The van der Waals surface area contributed by atoms with E-state index in [0.29, 0.717) is 23.6 Å². The van der Waals surface area contributed by atoms with Gasteiger partial charge in [-0.25, -0.2) is 9.78 Å². The van der Waals surface area contributed by atoms with E-state index >= 15 is 0 Å². The van der Waals surface area contributed by atoms with Crippen molar-refractivity contribution in [3.8, 4) is 5.75 Å². The van der Waals surface area contributed by atoms with Gasteiger partial charge in [0.25, 0.3) is 5.91 Å². The minimum atomic E-state index is -1.16. The molecule has 0 aliphatic rings. The number of anilines is 1. The summed E-state index contributed by atoms with van der Waals surface area (Å²) in [5.41, 5.74) is 1.66. The lowest BCUT2D eigenvalue weighted by Gasteiger charge is -2.09. The number of aromatic nitrogens is 1. The molecule has 3 rings (SSSR count). The molecule has 0 unspecified atom stereocenters. The van der Waals surface area contributed by atoms with Gasteiger partial charge in [0.05, 0.1) is 0 Å². The van der Waals surface area contributed by atoms with Gasteiger partial charge < -0.3 is 15.2 Å². The Morgan fingerprint density at radius 1 is 1.00 bits per heavy atom. The molecule has 6 heteroatoms. The largest absolute Gasteiger partial charge is 0.489 e. The summed E-state index contributed by atoms with van der Waals surface area (Å²) in [6.07, 6.45) is 1.33. The number of carboxylic acids is 1. The van der Waals surface area contributed by atoms with Crippen LogP contribution in [0, 0.1) is 0 Å². The number of aromatic carboxylic acids is 1. The van der Waals surface area contributed by atoms with Crippen molar-refractivity contribution in [1.29, 1.82) is 0 Å².